The number of halogens is 2. The number of benzene rings is 2. The van der Waals surface area contributed by atoms with Crippen molar-refractivity contribution >= 4 is 50.2 Å². The van der Waals surface area contributed by atoms with Gasteiger partial charge in [0.1, 0.15) is 5.82 Å². The molecule has 3 rings (SSSR count). The van der Waals surface area contributed by atoms with Gasteiger partial charge in [-0.1, -0.05) is 29.3 Å². The Morgan fingerprint density at radius 2 is 1.97 bits per heavy atom. The van der Waals surface area contributed by atoms with Crippen molar-refractivity contribution in [2.75, 3.05) is 5.75 Å². The number of imidazole rings is 1. The highest BCUT2D eigenvalue weighted by atomic mass is 35.5. The number of hydrogen-bond donors (Lipinski definition) is 2. The van der Waals surface area contributed by atoms with E-state index in [-0.39, 0.29) is 17.7 Å². The first-order valence-electron chi connectivity index (χ1n) is 9.69. The molecule has 0 bridgehead atoms. The zero-order chi connectivity index (χ0) is 22.8. The van der Waals surface area contributed by atoms with E-state index in [1.54, 1.807) is 31.2 Å². The molecule has 0 aliphatic heterocycles. The van der Waals surface area contributed by atoms with Gasteiger partial charge in [0.05, 0.1) is 29.4 Å². The van der Waals surface area contributed by atoms with Crippen LogP contribution in [0.15, 0.2) is 36.4 Å². The Kier molecular flexibility index (Phi) is 7.26. The molecule has 1 atom stereocenters. The Bertz CT molecular complexity index is 1220. The van der Waals surface area contributed by atoms with Crippen LogP contribution in [0.25, 0.3) is 11.0 Å². The molecule has 3 aromatic rings. The lowest BCUT2D eigenvalue weighted by atomic mass is 10.2. The van der Waals surface area contributed by atoms with Gasteiger partial charge < -0.3 is 9.67 Å². The molecule has 0 saturated heterocycles. The number of aryl methyl sites for hydroxylation is 1. The largest absolute Gasteiger partial charge is 0.393 e. The number of amides is 1. The monoisotopic (exact) mass is 483 g/mol. The summed E-state index contributed by atoms with van der Waals surface area (Å²) < 4.78 is 28.3. The summed E-state index contributed by atoms with van der Waals surface area (Å²) in [5, 5.41) is 10.3. The molecule has 0 saturated carbocycles. The molecule has 1 amide bonds. The molecule has 2 aromatic carbocycles. The van der Waals surface area contributed by atoms with Crippen molar-refractivity contribution in [3.63, 3.8) is 0 Å². The van der Waals surface area contributed by atoms with Crippen LogP contribution in [-0.2, 0) is 16.6 Å². The van der Waals surface area contributed by atoms with Crippen LogP contribution in [-0.4, -0.2) is 40.8 Å². The van der Waals surface area contributed by atoms with Gasteiger partial charge in [-0.25, -0.2) is 18.1 Å². The molecule has 10 heteroatoms. The number of sulfonamides is 1. The molecular formula is C21H23Cl2N3O4S. The van der Waals surface area contributed by atoms with Crippen LogP contribution in [0.3, 0.4) is 0 Å². The number of nitrogens with zero attached hydrogens (tertiary/aromatic N) is 2. The number of carbonyl (C=O) groups is 1. The van der Waals surface area contributed by atoms with Gasteiger partial charge in [-0.3, -0.25) is 4.79 Å². The number of carbonyl (C=O) groups excluding carboxylic acids is 1. The molecule has 2 N–H and O–H groups in total. The van der Waals surface area contributed by atoms with E-state index in [1.165, 1.54) is 6.07 Å². The lowest BCUT2D eigenvalue weighted by molar-refractivity contribution is 0.0981. The SMILES string of the molecule is Cc1nc2ccc(C(=O)NS(=O)(=O)CCCC(C)O)cc2n1Cc1ccc(Cl)cc1Cl. The maximum atomic E-state index is 12.6. The summed E-state index contributed by atoms with van der Waals surface area (Å²) in [6, 6.07) is 10.1. The van der Waals surface area contributed by atoms with Crippen LogP contribution in [0.1, 0.15) is 41.5 Å². The molecule has 1 heterocycles. The number of nitrogens with one attached hydrogen (secondary N) is 1. The van der Waals surface area contributed by atoms with E-state index in [4.69, 9.17) is 23.2 Å². The second-order valence-electron chi connectivity index (χ2n) is 7.43. The molecule has 0 aliphatic rings. The third-order valence-corrected chi connectivity index (χ3v) is 6.74. The van der Waals surface area contributed by atoms with Gasteiger partial charge in [0.15, 0.2) is 0 Å². The smallest absolute Gasteiger partial charge is 0.264 e. The average Bonchev–Trinajstić information content (AvgIpc) is 2.97. The van der Waals surface area contributed by atoms with Crippen molar-refractivity contribution in [1.82, 2.24) is 14.3 Å². The molecule has 1 unspecified atom stereocenters. The van der Waals surface area contributed by atoms with Gasteiger partial charge in [0, 0.05) is 15.6 Å². The quantitative estimate of drug-likeness (QED) is 0.505. The van der Waals surface area contributed by atoms with Crippen LogP contribution in [0, 0.1) is 6.92 Å². The molecule has 0 spiro atoms. The van der Waals surface area contributed by atoms with Crippen LogP contribution in [0.4, 0.5) is 0 Å². The van der Waals surface area contributed by atoms with E-state index in [0.717, 1.165) is 11.4 Å². The molecular weight excluding hydrogens is 461 g/mol. The van der Waals surface area contributed by atoms with Crippen molar-refractivity contribution in [3.05, 3.63) is 63.4 Å². The van der Waals surface area contributed by atoms with Crippen LogP contribution in [0.5, 0.6) is 0 Å². The van der Waals surface area contributed by atoms with Crippen LogP contribution < -0.4 is 4.72 Å². The number of rotatable bonds is 8. The van der Waals surface area contributed by atoms with Gasteiger partial charge in [-0.2, -0.15) is 0 Å². The van der Waals surface area contributed by atoms with Crippen molar-refractivity contribution in [1.29, 1.82) is 0 Å². The first-order chi connectivity index (χ1) is 14.6. The van der Waals surface area contributed by atoms with E-state index in [9.17, 15) is 18.3 Å². The minimum absolute atomic E-state index is 0.204. The number of aliphatic hydroxyl groups is 1. The zero-order valence-corrected chi connectivity index (χ0v) is 19.4. The number of hydrogen-bond acceptors (Lipinski definition) is 5. The van der Waals surface area contributed by atoms with Crippen molar-refractivity contribution in [3.8, 4) is 0 Å². The second-order valence-corrected chi connectivity index (χ2v) is 10.1. The summed E-state index contributed by atoms with van der Waals surface area (Å²) >= 11 is 12.3. The van der Waals surface area contributed by atoms with E-state index in [0.29, 0.717) is 34.0 Å². The highest BCUT2D eigenvalue weighted by Gasteiger charge is 2.18. The summed E-state index contributed by atoms with van der Waals surface area (Å²) in [5.74, 6) is -0.226. The Hall–Kier alpha value is -2.13. The number of aromatic nitrogens is 2. The van der Waals surface area contributed by atoms with Gasteiger partial charge in [-0.15, -0.1) is 0 Å². The Balaban J connectivity index is 1.85. The predicted octanol–water partition coefficient (Wildman–Crippen LogP) is 3.92. The molecule has 0 radical (unpaired) electrons. The Morgan fingerprint density at radius 3 is 2.65 bits per heavy atom. The third-order valence-electron chi connectivity index (χ3n) is 4.83. The standard InChI is InChI=1S/C21H23Cl2N3O4S/c1-13(27)4-3-9-31(29,30)25-21(28)15-6-8-19-20(10-15)26(14(2)24-19)12-16-5-7-17(22)11-18(16)23/h5-8,10-11,13,27H,3-4,9,12H2,1-2H3,(H,25,28). The lowest BCUT2D eigenvalue weighted by Gasteiger charge is -2.11. The normalized spacial score (nSPS) is 12.8. The number of aliphatic hydroxyl groups excluding tert-OH is 1. The fourth-order valence-corrected chi connectivity index (χ4v) is 4.74. The molecule has 7 nitrogen and oxygen atoms in total. The highest BCUT2D eigenvalue weighted by Crippen LogP contribution is 2.25. The fourth-order valence-electron chi connectivity index (χ4n) is 3.22. The minimum atomic E-state index is -3.80. The van der Waals surface area contributed by atoms with Crippen LogP contribution in [0.2, 0.25) is 10.0 Å². The summed E-state index contributed by atoms with van der Waals surface area (Å²) in [6.45, 7) is 3.85. The Labute approximate surface area is 191 Å². The predicted molar refractivity (Wildman–Crippen MR) is 122 cm³/mol. The summed E-state index contributed by atoms with van der Waals surface area (Å²) in [5.41, 5.74) is 2.40. The second kappa shape index (κ2) is 9.56. The summed E-state index contributed by atoms with van der Waals surface area (Å²) in [7, 11) is -3.80. The highest BCUT2D eigenvalue weighted by molar-refractivity contribution is 7.90. The average molecular weight is 484 g/mol. The van der Waals surface area contributed by atoms with E-state index in [1.807, 2.05) is 17.6 Å². The van der Waals surface area contributed by atoms with Gasteiger partial charge >= 0.3 is 0 Å². The topological polar surface area (TPSA) is 101 Å². The molecule has 31 heavy (non-hydrogen) atoms. The van der Waals surface area contributed by atoms with Gasteiger partial charge in [0.25, 0.3) is 5.91 Å². The van der Waals surface area contributed by atoms with Crippen LogP contribution >= 0.6 is 23.2 Å². The van der Waals surface area contributed by atoms with E-state index in [2.05, 4.69) is 9.71 Å². The van der Waals surface area contributed by atoms with Gasteiger partial charge in [0.2, 0.25) is 10.0 Å². The van der Waals surface area contributed by atoms with Crippen molar-refractivity contribution in [2.24, 2.45) is 0 Å². The lowest BCUT2D eigenvalue weighted by Crippen LogP contribution is -2.32. The van der Waals surface area contributed by atoms with E-state index >= 15 is 0 Å². The van der Waals surface area contributed by atoms with Crippen molar-refractivity contribution in [2.45, 2.75) is 39.3 Å². The summed E-state index contributed by atoms with van der Waals surface area (Å²) in [6.07, 6.45) is 0.00545. The molecule has 0 aliphatic carbocycles. The Morgan fingerprint density at radius 1 is 1.23 bits per heavy atom. The first-order valence-corrected chi connectivity index (χ1v) is 12.1. The summed E-state index contributed by atoms with van der Waals surface area (Å²) in [4.78, 5) is 17.1. The van der Waals surface area contributed by atoms with E-state index < -0.39 is 22.0 Å². The van der Waals surface area contributed by atoms with Crippen molar-refractivity contribution < 1.29 is 18.3 Å². The zero-order valence-electron chi connectivity index (χ0n) is 17.1. The number of fused-ring (bicyclic) bond motifs is 1. The first kappa shape index (κ1) is 23.5. The molecule has 1 aromatic heterocycles. The third kappa shape index (κ3) is 5.98. The van der Waals surface area contributed by atoms with Gasteiger partial charge in [-0.05, 0) is 62.6 Å². The maximum Gasteiger partial charge on any atom is 0.264 e. The molecule has 0 fully saturated rings. The fraction of sp³-hybridized carbons (Fsp3) is 0.333. The minimum Gasteiger partial charge on any atom is -0.393 e. The maximum absolute atomic E-state index is 12.6. The molecule has 166 valence electrons.